The number of guanidine groups is 1. The molecule has 0 saturated heterocycles. The maximum atomic E-state index is 6.01. The average molecular weight is 205 g/mol. The first kappa shape index (κ1) is 7.70. The van der Waals surface area contributed by atoms with E-state index in [1.165, 1.54) is 6.34 Å². The van der Waals surface area contributed by atoms with Gasteiger partial charge in [0.25, 0.3) is 0 Å². The molecule has 0 saturated carbocycles. The molecule has 0 aromatic heterocycles. The monoisotopic (exact) mass is 204 g/mol. The summed E-state index contributed by atoms with van der Waals surface area (Å²) in [5, 5.41) is 0.600. The van der Waals surface area contributed by atoms with Crippen LogP contribution in [-0.4, -0.2) is 23.0 Å². The lowest BCUT2D eigenvalue weighted by Crippen LogP contribution is -2.39. The molecule has 68 valence electrons. The Bertz CT molecular complexity index is 479. The van der Waals surface area contributed by atoms with Crippen molar-refractivity contribution >= 4 is 29.7 Å². The summed E-state index contributed by atoms with van der Waals surface area (Å²) >= 11 is 6.01. The number of nitrogens with zero attached hydrogens (tertiary/aromatic N) is 4. The Balaban J connectivity index is 2.24. The zero-order valence-electron chi connectivity index (χ0n) is 7.05. The van der Waals surface area contributed by atoms with Crippen LogP contribution in [0, 0.1) is 0 Å². The Kier molecular flexibility index (Phi) is 1.46. The van der Waals surface area contributed by atoms with Crippen LogP contribution in [0.15, 0.2) is 50.1 Å². The first-order valence-electron chi connectivity index (χ1n) is 4.09. The molecule has 3 rings (SSSR count). The van der Waals surface area contributed by atoms with Gasteiger partial charge in [-0.3, -0.25) is 4.90 Å². The van der Waals surface area contributed by atoms with E-state index in [4.69, 9.17) is 11.6 Å². The molecular formula is C9H5ClN4. The third kappa shape index (κ3) is 0.914. The summed E-state index contributed by atoms with van der Waals surface area (Å²) in [4.78, 5) is 14.1. The Morgan fingerprint density at radius 3 is 3.07 bits per heavy atom. The lowest BCUT2D eigenvalue weighted by atomic mass is 10.2. The van der Waals surface area contributed by atoms with Gasteiger partial charge in [0.1, 0.15) is 6.34 Å². The van der Waals surface area contributed by atoms with Crippen molar-refractivity contribution in [3.63, 3.8) is 0 Å². The molecular weight excluding hydrogens is 200 g/mol. The van der Waals surface area contributed by atoms with Crippen LogP contribution >= 0.6 is 11.6 Å². The largest absolute Gasteiger partial charge is 0.261 e. The number of allylic oxidation sites excluding steroid dienone is 3. The first-order valence-corrected chi connectivity index (χ1v) is 4.47. The number of hydrogen-bond donors (Lipinski definition) is 0. The van der Waals surface area contributed by atoms with Gasteiger partial charge in [-0.2, -0.15) is 0 Å². The third-order valence-electron chi connectivity index (χ3n) is 2.07. The Morgan fingerprint density at radius 1 is 1.21 bits per heavy atom. The number of amidine groups is 1. The quantitative estimate of drug-likeness (QED) is 0.591. The maximum Gasteiger partial charge on any atom is 0.237 e. The van der Waals surface area contributed by atoms with Crippen LogP contribution in [0.2, 0.25) is 0 Å². The zero-order chi connectivity index (χ0) is 9.54. The second-order valence-electron chi connectivity index (χ2n) is 2.88. The highest BCUT2D eigenvalue weighted by atomic mass is 35.5. The van der Waals surface area contributed by atoms with Crippen LogP contribution in [0.5, 0.6) is 0 Å². The topological polar surface area (TPSA) is 40.3 Å². The van der Waals surface area contributed by atoms with Crippen molar-refractivity contribution in [2.75, 3.05) is 0 Å². The molecule has 0 aromatic carbocycles. The van der Waals surface area contributed by atoms with Gasteiger partial charge >= 0.3 is 0 Å². The van der Waals surface area contributed by atoms with Crippen LogP contribution in [0.1, 0.15) is 0 Å². The fraction of sp³-hybridized carbons (Fsp3) is 0. The van der Waals surface area contributed by atoms with Crippen LogP contribution in [-0.2, 0) is 0 Å². The van der Waals surface area contributed by atoms with Gasteiger partial charge < -0.3 is 0 Å². The van der Waals surface area contributed by atoms with Crippen molar-refractivity contribution in [2.45, 2.75) is 0 Å². The van der Waals surface area contributed by atoms with Crippen molar-refractivity contribution in [3.05, 3.63) is 35.2 Å². The van der Waals surface area contributed by atoms with E-state index in [1.54, 1.807) is 6.20 Å². The summed E-state index contributed by atoms with van der Waals surface area (Å²) in [5.41, 5.74) is 0.981. The molecule has 0 amide bonds. The summed E-state index contributed by atoms with van der Waals surface area (Å²) in [6, 6.07) is 0. The maximum absolute atomic E-state index is 6.01. The SMILES string of the molecule is ClC1=CC=C2C=CN=C3N=CN=C1N23. The van der Waals surface area contributed by atoms with Crippen LogP contribution < -0.4 is 0 Å². The highest BCUT2D eigenvalue weighted by Crippen LogP contribution is 2.25. The van der Waals surface area contributed by atoms with Gasteiger partial charge in [0.15, 0.2) is 5.84 Å². The van der Waals surface area contributed by atoms with Crippen LogP contribution in [0.3, 0.4) is 0 Å². The second kappa shape index (κ2) is 2.65. The van der Waals surface area contributed by atoms with E-state index < -0.39 is 0 Å². The molecule has 0 aliphatic carbocycles. The minimum atomic E-state index is 0.600. The molecule has 0 atom stereocenters. The number of hydrogen-bond acceptors (Lipinski definition) is 4. The Labute approximate surface area is 85.3 Å². The van der Waals surface area contributed by atoms with Crippen molar-refractivity contribution in [1.82, 2.24) is 4.90 Å². The van der Waals surface area contributed by atoms with E-state index in [-0.39, 0.29) is 0 Å². The molecule has 0 bridgehead atoms. The molecule has 0 aromatic rings. The molecule has 0 radical (unpaired) electrons. The molecule has 3 heterocycles. The van der Waals surface area contributed by atoms with Gasteiger partial charge in [-0.15, -0.1) is 0 Å². The lowest BCUT2D eigenvalue weighted by Gasteiger charge is -2.30. The average Bonchev–Trinajstić information content (AvgIpc) is 2.24. The molecule has 0 spiro atoms. The number of halogens is 1. The lowest BCUT2D eigenvalue weighted by molar-refractivity contribution is 0.747. The van der Waals surface area contributed by atoms with Crippen molar-refractivity contribution in [2.24, 2.45) is 15.0 Å². The zero-order valence-corrected chi connectivity index (χ0v) is 7.81. The van der Waals surface area contributed by atoms with Gasteiger partial charge in [0.05, 0.1) is 10.7 Å². The van der Waals surface area contributed by atoms with E-state index in [0.717, 1.165) is 5.70 Å². The van der Waals surface area contributed by atoms with E-state index in [0.29, 0.717) is 16.8 Å². The van der Waals surface area contributed by atoms with E-state index in [1.807, 2.05) is 23.1 Å². The van der Waals surface area contributed by atoms with E-state index in [9.17, 15) is 0 Å². The van der Waals surface area contributed by atoms with Gasteiger partial charge in [-0.05, 0) is 18.2 Å². The molecule has 14 heavy (non-hydrogen) atoms. The first-order chi connectivity index (χ1) is 6.86. The molecule has 4 nitrogen and oxygen atoms in total. The number of rotatable bonds is 0. The van der Waals surface area contributed by atoms with Crippen molar-refractivity contribution < 1.29 is 0 Å². The van der Waals surface area contributed by atoms with Gasteiger partial charge in [-0.25, -0.2) is 15.0 Å². The fourth-order valence-corrected chi connectivity index (χ4v) is 1.66. The van der Waals surface area contributed by atoms with Gasteiger partial charge in [0, 0.05) is 6.20 Å². The third-order valence-corrected chi connectivity index (χ3v) is 2.37. The Morgan fingerprint density at radius 2 is 2.14 bits per heavy atom. The summed E-state index contributed by atoms with van der Waals surface area (Å²) in [6.45, 7) is 0. The van der Waals surface area contributed by atoms with Gasteiger partial charge in [-0.1, -0.05) is 11.6 Å². The summed E-state index contributed by atoms with van der Waals surface area (Å²) in [6.07, 6.45) is 8.79. The van der Waals surface area contributed by atoms with Crippen LogP contribution in [0.25, 0.3) is 0 Å². The standard InChI is InChI=1S/C9H5ClN4/c10-7-2-1-6-3-4-11-9-13-5-12-8(7)14(6)9/h1-5H. The molecule has 3 aliphatic heterocycles. The van der Waals surface area contributed by atoms with E-state index >= 15 is 0 Å². The smallest absolute Gasteiger partial charge is 0.237 e. The predicted octanol–water partition coefficient (Wildman–Crippen LogP) is 1.63. The fourth-order valence-electron chi connectivity index (χ4n) is 1.46. The predicted molar refractivity (Wildman–Crippen MR) is 56.4 cm³/mol. The highest BCUT2D eigenvalue weighted by molar-refractivity contribution is 6.45. The summed E-state index contributed by atoms with van der Waals surface area (Å²) in [7, 11) is 0. The normalized spacial score (nSPS) is 22.2. The van der Waals surface area contributed by atoms with Gasteiger partial charge in [0.2, 0.25) is 5.96 Å². The number of aliphatic imine (C=N–C) groups is 3. The molecule has 0 unspecified atom stereocenters. The summed E-state index contributed by atoms with van der Waals surface area (Å²) in [5.74, 6) is 1.29. The Hall–Kier alpha value is -1.68. The highest BCUT2D eigenvalue weighted by Gasteiger charge is 2.28. The van der Waals surface area contributed by atoms with Crippen molar-refractivity contribution in [3.8, 4) is 0 Å². The molecule has 0 N–H and O–H groups in total. The summed E-state index contributed by atoms with van der Waals surface area (Å²) < 4.78 is 0. The molecule has 3 aliphatic rings. The van der Waals surface area contributed by atoms with E-state index in [2.05, 4.69) is 15.0 Å². The minimum Gasteiger partial charge on any atom is -0.261 e. The molecule has 5 heteroatoms. The van der Waals surface area contributed by atoms with Crippen molar-refractivity contribution in [1.29, 1.82) is 0 Å². The molecule has 0 fully saturated rings. The van der Waals surface area contributed by atoms with Crippen LogP contribution in [0.4, 0.5) is 0 Å². The minimum absolute atomic E-state index is 0.600. The second-order valence-corrected chi connectivity index (χ2v) is 3.29.